The van der Waals surface area contributed by atoms with Crippen LogP contribution in [0.5, 0.6) is 11.5 Å². The van der Waals surface area contributed by atoms with E-state index in [1.165, 1.54) is 25.3 Å². The van der Waals surface area contributed by atoms with E-state index in [0.29, 0.717) is 17.1 Å². The summed E-state index contributed by atoms with van der Waals surface area (Å²) in [5.41, 5.74) is 1.04. The Morgan fingerprint density at radius 1 is 1.21 bits per heavy atom. The van der Waals surface area contributed by atoms with Crippen molar-refractivity contribution in [3.8, 4) is 11.5 Å². The molecule has 8 heteroatoms. The van der Waals surface area contributed by atoms with Gasteiger partial charge >= 0.3 is 6.61 Å². The number of anilines is 2. The molecule has 2 rings (SSSR count). The van der Waals surface area contributed by atoms with Crippen LogP contribution in [0.15, 0.2) is 42.5 Å². The summed E-state index contributed by atoms with van der Waals surface area (Å²) in [5, 5.41) is 5.56. The maximum absolute atomic E-state index is 12.2. The predicted molar refractivity (Wildman–Crippen MR) is 88.2 cm³/mol. The van der Waals surface area contributed by atoms with Gasteiger partial charge in [0, 0.05) is 5.69 Å². The second-order valence-corrected chi connectivity index (χ2v) is 5.03. The van der Waals surface area contributed by atoms with Crippen molar-refractivity contribution >= 4 is 28.9 Å². The highest BCUT2D eigenvalue weighted by atomic mass is 35.5. The summed E-state index contributed by atoms with van der Waals surface area (Å²) in [7, 11) is 1.51. The van der Waals surface area contributed by atoms with Crippen LogP contribution in [0.1, 0.15) is 0 Å². The number of halogens is 3. The van der Waals surface area contributed by atoms with Gasteiger partial charge in [-0.3, -0.25) is 4.79 Å². The third kappa shape index (κ3) is 4.99. The minimum Gasteiger partial charge on any atom is -0.495 e. The Hall–Kier alpha value is -2.54. The highest BCUT2D eigenvalue weighted by Crippen LogP contribution is 2.29. The molecule has 5 nitrogen and oxygen atoms in total. The molecule has 128 valence electrons. The van der Waals surface area contributed by atoms with Gasteiger partial charge < -0.3 is 20.1 Å². The number of nitrogens with one attached hydrogen (secondary N) is 2. The molecule has 0 atom stereocenters. The fraction of sp³-hybridized carbons (Fsp3) is 0.188. The molecule has 0 heterocycles. The maximum Gasteiger partial charge on any atom is 0.387 e. The molecule has 0 fully saturated rings. The number of carbonyl (C=O) groups is 1. The quantitative estimate of drug-likeness (QED) is 0.787. The van der Waals surface area contributed by atoms with E-state index in [4.69, 9.17) is 16.3 Å². The van der Waals surface area contributed by atoms with E-state index in [9.17, 15) is 13.6 Å². The van der Waals surface area contributed by atoms with Gasteiger partial charge in [-0.15, -0.1) is 0 Å². The number of para-hydroxylation sites is 2. The molecule has 0 aliphatic heterocycles. The number of ether oxygens (including phenoxy) is 2. The standard InChI is InChI=1S/C16H15ClF2N2O3/c1-23-14-5-3-2-4-12(14)21-15(22)9-20-10-6-7-13(11(17)8-10)24-16(18)19/h2-8,16,20H,9H2,1H3,(H,21,22). The Bertz CT molecular complexity index is 713. The van der Waals surface area contributed by atoms with Gasteiger partial charge in [-0.1, -0.05) is 23.7 Å². The molecule has 0 unspecified atom stereocenters. The lowest BCUT2D eigenvalue weighted by Gasteiger charge is -2.12. The van der Waals surface area contributed by atoms with E-state index in [1.54, 1.807) is 24.3 Å². The normalized spacial score (nSPS) is 10.4. The second-order valence-electron chi connectivity index (χ2n) is 4.63. The van der Waals surface area contributed by atoms with Crippen LogP contribution in [0.2, 0.25) is 5.02 Å². The summed E-state index contributed by atoms with van der Waals surface area (Å²) >= 11 is 5.84. The lowest BCUT2D eigenvalue weighted by atomic mass is 10.3. The van der Waals surface area contributed by atoms with E-state index in [1.807, 2.05) is 0 Å². The Morgan fingerprint density at radius 3 is 2.62 bits per heavy atom. The molecular weight excluding hydrogens is 342 g/mol. The zero-order chi connectivity index (χ0) is 17.5. The number of hydrogen-bond acceptors (Lipinski definition) is 4. The zero-order valence-corrected chi connectivity index (χ0v) is 13.4. The highest BCUT2D eigenvalue weighted by Gasteiger charge is 2.10. The molecule has 0 bridgehead atoms. The van der Waals surface area contributed by atoms with Gasteiger partial charge in [0.15, 0.2) is 0 Å². The average Bonchev–Trinajstić information content (AvgIpc) is 2.55. The van der Waals surface area contributed by atoms with Crippen molar-refractivity contribution in [3.63, 3.8) is 0 Å². The van der Waals surface area contributed by atoms with Gasteiger partial charge in [-0.05, 0) is 30.3 Å². The van der Waals surface area contributed by atoms with E-state index in [2.05, 4.69) is 15.4 Å². The number of alkyl halides is 2. The van der Waals surface area contributed by atoms with Gasteiger partial charge in [-0.2, -0.15) is 8.78 Å². The minimum atomic E-state index is -2.95. The monoisotopic (exact) mass is 356 g/mol. The SMILES string of the molecule is COc1ccccc1NC(=O)CNc1ccc(OC(F)F)c(Cl)c1. The zero-order valence-electron chi connectivity index (χ0n) is 12.7. The number of rotatable bonds is 7. The van der Waals surface area contributed by atoms with Crippen LogP contribution in [0, 0.1) is 0 Å². The van der Waals surface area contributed by atoms with Crippen LogP contribution in [-0.2, 0) is 4.79 Å². The number of hydrogen-bond donors (Lipinski definition) is 2. The molecule has 0 saturated carbocycles. The molecule has 0 aromatic heterocycles. The Kier molecular flexibility index (Phi) is 6.20. The van der Waals surface area contributed by atoms with Crippen molar-refractivity contribution < 1.29 is 23.0 Å². The number of amides is 1. The van der Waals surface area contributed by atoms with Gasteiger partial charge in [0.25, 0.3) is 0 Å². The van der Waals surface area contributed by atoms with Gasteiger partial charge in [0.05, 0.1) is 24.4 Å². The van der Waals surface area contributed by atoms with E-state index in [-0.39, 0.29) is 23.2 Å². The molecule has 2 N–H and O–H groups in total. The largest absolute Gasteiger partial charge is 0.495 e. The van der Waals surface area contributed by atoms with Crippen molar-refractivity contribution in [2.75, 3.05) is 24.3 Å². The minimum absolute atomic E-state index is 0.0189. The van der Waals surface area contributed by atoms with Crippen molar-refractivity contribution in [1.29, 1.82) is 0 Å². The molecule has 2 aromatic carbocycles. The molecule has 0 radical (unpaired) electrons. The summed E-state index contributed by atoms with van der Waals surface area (Å²) in [6.07, 6.45) is 0. The molecule has 1 amide bonds. The third-order valence-corrected chi connectivity index (χ3v) is 3.28. The smallest absolute Gasteiger partial charge is 0.387 e. The molecule has 2 aromatic rings. The summed E-state index contributed by atoms with van der Waals surface area (Å²) < 4.78 is 33.7. The van der Waals surface area contributed by atoms with Crippen molar-refractivity contribution in [2.45, 2.75) is 6.61 Å². The molecule has 24 heavy (non-hydrogen) atoms. The molecule has 0 saturated heterocycles. The van der Waals surface area contributed by atoms with Crippen LogP contribution in [0.25, 0.3) is 0 Å². The molecular formula is C16H15ClF2N2O3. The second kappa shape index (κ2) is 8.35. The summed E-state index contributed by atoms with van der Waals surface area (Å²) in [4.78, 5) is 12.0. The summed E-state index contributed by atoms with van der Waals surface area (Å²) in [6.45, 7) is -2.99. The topological polar surface area (TPSA) is 59.6 Å². The molecule has 0 aliphatic rings. The van der Waals surface area contributed by atoms with E-state index in [0.717, 1.165) is 0 Å². The van der Waals surface area contributed by atoms with Crippen LogP contribution in [0.3, 0.4) is 0 Å². The molecule has 0 spiro atoms. The van der Waals surface area contributed by atoms with Gasteiger partial charge in [0.1, 0.15) is 11.5 Å². The first-order valence-corrected chi connectivity index (χ1v) is 7.28. The van der Waals surface area contributed by atoms with Crippen LogP contribution < -0.4 is 20.1 Å². The third-order valence-electron chi connectivity index (χ3n) is 2.98. The first kappa shape index (κ1) is 17.8. The van der Waals surface area contributed by atoms with E-state index < -0.39 is 6.61 Å². The fourth-order valence-electron chi connectivity index (χ4n) is 1.93. The first-order valence-electron chi connectivity index (χ1n) is 6.90. The predicted octanol–water partition coefficient (Wildman–Crippen LogP) is 4.00. The number of benzene rings is 2. The van der Waals surface area contributed by atoms with Crippen molar-refractivity contribution in [1.82, 2.24) is 0 Å². The average molecular weight is 357 g/mol. The van der Waals surface area contributed by atoms with Gasteiger partial charge in [0.2, 0.25) is 5.91 Å². The Balaban J connectivity index is 1.93. The highest BCUT2D eigenvalue weighted by molar-refractivity contribution is 6.32. The number of methoxy groups -OCH3 is 1. The lowest BCUT2D eigenvalue weighted by Crippen LogP contribution is -2.22. The lowest BCUT2D eigenvalue weighted by molar-refractivity contribution is -0.114. The van der Waals surface area contributed by atoms with Gasteiger partial charge in [-0.25, -0.2) is 0 Å². The molecule has 0 aliphatic carbocycles. The number of carbonyl (C=O) groups excluding carboxylic acids is 1. The fourth-order valence-corrected chi connectivity index (χ4v) is 2.15. The maximum atomic E-state index is 12.2. The van der Waals surface area contributed by atoms with Crippen LogP contribution in [-0.4, -0.2) is 26.2 Å². The Morgan fingerprint density at radius 2 is 1.96 bits per heavy atom. The van der Waals surface area contributed by atoms with Crippen LogP contribution in [0.4, 0.5) is 20.2 Å². The van der Waals surface area contributed by atoms with Crippen molar-refractivity contribution in [2.24, 2.45) is 0 Å². The first-order chi connectivity index (χ1) is 11.5. The summed E-state index contributed by atoms with van der Waals surface area (Å²) in [5.74, 6) is 0.113. The van der Waals surface area contributed by atoms with Crippen molar-refractivity contribution in [3.05, 3.63) is 47.5 Å². The Labute approximate surface area is 142 Å². The van der Waals surface area contributed by atoms with Crippen LogP contribution >= 0.6 is 11.6 Å². The summed E-state index contributed by atoms with van der Waals surface area (Å²) in [6, 6.07) is 11.2. The van der Waals surface area contributed by atoms with E-state index >= 15 is 0 Å².